The van der Waals surface area contributed by atoms with Crippen LogP contribution in [0, 0.1) is 11.8 Å². The summed E-state index contributed by atoms with van der Waals surface area (Å²) in [5.74, 6) is -3.11. The van der Waals surface area contributed by atoms with E-state index in [1.54, 1.807) is 0 Å². The molecule has 0 bridgehead atoms. The molecule has 0 spiro atoms. The molecule has 2 atom stereocenters. The quantitative estimate of drug-likeness (QED) is 0.704. The van der Waals surface area contributed by atoms with Gasteiger partial charge in [0.05, 0.1) is 12.3 Å². The Hall–Kier alpha value is -0.750. The summed E-state index contributed by atoms with van der Waals surface area (Å²) in [4.78, 5) is 11.4. The molecule has 1 aliphatic carbocycles. The Labute approximate surface area is 101 Å². The molecular weight excluding hydrogens is 262 g/mol. The summed E-state index contributed by atoms with van der Waals surface area (Å²) >= 11 is 0. The topological polar surface area (TPSA) is 17.1 Å². The van der Waals surface area contributed by atoms with E-state index in [1.165, 1.54) is 0 Å². The highest BCUT2D eigenvalue weighted by Gasteiger charge is 2.43. The molecule has 0 N–H and O–H groups in total. The van der Waals surface area contributed by atoms with Gasteiger partial charge in [0.2, 0.25) is 0 Å². The number of rotatable bonds is 3. The predicted molar refractivity (Wildman–Crippen MR) is 51.8 cm³/mol. The van der Waals surface area contributed by atoms with Crippen molar-refractivity contribution in [2.24, 2.45) is 11.8 Å². The van der Waals surface area contributed by atoms with E-state index in [0.717, 1.165) is 0 Å². The highest BCUT2D eigenvalue weighted by molar-refractivity contribution is 5.81. The Balaban J connectivity index is 2.49. The van der Waals surface area contributed by atoms with Gasteiger partial charge in [0, 0.05) is 12.3 Å². The van der Waals surface area contributed by atoms with E-state index >= 15 is 0 Å². The summed E-state index contributed by atoms with van der Waals surface area (Å²) in [6.45, 7) is 0. The maximum atomic E-state index is 12.5. The van der Waals surface area contributed by atoms with Crippen molar-refractivity contribution in [3.8, 4) is 0 Å². The number of halogens is 6. The summed E-state index contributed by atoms with van der Waals surface area (Å²) in [6.07, 6.45) is -10.6. The lowest BCUT2D eigenvalue weighted by atomic mass is 9.78. The Bertz CT molecular complexity index is 293. The summed E-state index contributed by atoms with van der Waals surface area (Å²) in [7, 11) is 0. The van der Waals surface area contributed by atoms with Gasteiger partial charge in [0.15, 0.2) is 0 Å². The van der Waals surface area contributed by atoms with Crippen molar-refractivity contribution < 1.29 is 31.1 Å². The van der Waals surface area contributed by atoms with Crippen LogP contribution in [0.25, 0.3) is 0 Å². The minimum atomic E-state index is -4.44. The molecule has 0 aromatic carbocycles. The number of hydrogen-bond acceptors (Lipinski definition) is 1. The zero-order valence-corrected chi connectivity index (χ0v) is 9.57. The Kier molecular flexibility index (Phi) is 4.66. The van der Waals surface area contributed by atoms with Crippen molar-refractivity contribution in [1.82, 2.24) is 0 Å². The van der Waals surface area contributed by atoms with Crippen molar-refractivity contribution in [2.45, 2.75) is 50.9 Å². The third kappa shape index (κ3) is 4.86. The van der Waals surface area contributed by atoms with Gasteiger partial charge in [-0.25, -0.2) is 0 Å². The van der Waals surface area contributed by atoms with Gasteiger partial charge >= 0.3 is 12.4 Å². The van der Waals surface area contributed by atoms with Crippen LogP contribution < -0.4 is 0 Å². The fourth-order valence-electron chi connectivity index (χ4n) is 2.25. The molecule has 1 saturated carbocycles. The molecule has 1 rings (SSSR count). The van der Waals surface area contributed by atoms with Crippen LogP contribution in [0.5, 0.6) is 0 Å². The summed E-state index contributed by atoms with van der Waals surface area (Å²) < 4.78 is 73.1. The van der Waals surface area contributed by atoms with E-state index in [1.807, 2.05) is 0 Å². The highest BCUT2D eigenvalue weighted by atomic mass is 19.4. The predicted octanol–water partition coefficient (Wildman–Crippen LogP) is 4.27. The van der Waals surface area contributed by atoms with E-state index in [0.29, 0.717) is 0 Å². The lowest BCUT2D eigenvalue weighted by molar-refractivity contribution is -0.186. The van der Waals surface area contributed by atoms with Gasteiger partial charge in [0.25, 0.3) is 0 Å². The first-order valence-electron chi connectivity index (χ1n) is 5.76. The second-order valence-electron chi connectivity index (χ2n) is 4.68. The maximum Gasteiger partial charge on any atom is 0.391 e. The smallest absolute Gasteiger partial charge is 0.299 e. The van der Waals surface area contributed by atoms with Crippen LogP contribution >= 0.6 is 0 Å². The van der Waals surface area contributed by atoms with Gasteiger partial charge in [-0.15, -0.1) is 0 Å². The van der Waals surface area contributed by atoms with Crippen molar-refractivity contribution >= 4 is 5.78 Å². The van der Waals surface area contributed by atoms with Crippen LogP contribution in [0.3, 0.4) is 0 Å². The largest absolute Gasteiger partial charge is 0.391 e. The number of carbonyl (C=O) groups is 1. The molecule has 18 heavy (non-hydrogen) atoms. The molecule has 1 fully saturated rings. The third-order valence-corrected chi connectivity index (χ3v) is 3.25. The van der Waals surface area contributed by atoms with Crippen molar-refractivity contribution in [3.05, 3.63) is 0 Å². The number of ketones is 1. The van der Waals surface area contributed by atoms with Crippen LogP contribution in [0.2, 0.25) is 0 Å². The van der Waals surface area contributed by atoms with Gasteiger partial charge < -0.3 is 0 Å². The second kappa shape index (κ2) is 5.48. The van der Waals surface area contributed by atoms with E-state index in [-0.39, 0.29) is 25.7 Å². The average molecular weight is 276 g/mol. The monoisotopic (exact) mass is 276 g/mol. The SMILES string of the molecule is O=C(CCC(F)(F)F)C1CCCC(C(F)(F)F)C1. The van der Waals surface area contributed by atoms with E-state index in [2.05, 4.69) is 0 Å². The molecular formula is C11H14F6O. The Morgan fingerprint density at radius 2 is 1.67 bits per heavy atom. The van der Waals surface area contributed by atoms with E-state index in [9.17, 15) is 31.1 Å². The van der Waals surface area contributed by atoms with E-state index in [4.69, 9.17) is 0 Å². The molecule has 106 valence electrons. The molecule has 1 nitrogen and oxygen atoms in total. The minimum absolute atomic E-state index is 0.0352. The summed E-state index contributed by atoms with van der Waals surface area (Å²) in [5.41, 5.74) is 0. The zero-order chi connectivity index (χ0) is 14.0. The maximum absolute atomic E-state index is 12.5. The van der Waals surface area contributed by atoms with Gasteiger partial charge in [-0.2, -0.15) is 26.3 Å². The molecule has 0 aliphatic heterocycles. The summed E-state index contributed by atoms with van der Waals surface area (Å²) in [6, 6.07) is 0. The molecule has 0 heterocycles. The fourth-order valence-corrected chi connectivity index (χ4v) is 2.25. The molecule has 0 radical (unpaired) electrons. The lowest BCUT2D eigenvalue weighted by Gasteiger charge is -2.29. The summed E-state index contributed by atoms with van der Waals surface area (Å²) in [5, 5.41) is 0. The van der Waals surface area contributed by atoms with E-state index < -0.39 is 42.8 Å². The third-order valence-electron chi connectivity index (χ3n) is 3.25. The number of carbonyl (C=O) groups excluding carboxylic acids is 1. The standard InChI is InChI=1S/C11H14F6O/c12-10(13,14)5-4-9(18)7-2-1-3-8(6-7)11(15,16)17/h7-8H,1-6H2. The fraction of sp³-hybridized carbons (Fsp3) is 0.909. The number of Topliss-reactive ketones (excluding diaryl/α,β-unsaturated/α-hetero) is 1. The lowest BCUT2D eigenvalue weighted by Crippen LogP contribution is -2.32. The Morgan fingerprint density at radius 3 is 2.17 bits per heavy atom. The normalized spacial score (nSPS) is 26.1. The first-order valence-corrected chi connectivity index (χ1v) is 5.76. The average Bonchev–Trinajstić information content (AvgIpc) is 2.24. The van der Waals surface area contributed by atoms with Crippen molar-refractivity contribution in [3.63, 3.8) is 0 Å². The molecule has 2 unspecified atom stereocenters. The first kappa shape index (κ1) is 15.3. The number of alkyl halides is 6. The van der Waals surface area contributed by atoms with Crippen LogP contribution in [-0.2, 0) is 4.79 Å². The van der Waals surface area contributed by atoms with Crippen LogP contribution in [0.1, 0.15) is 38.5 Å². The van der Waals surface area contributed by atoms with Crippen LogP contribution in [0.15, 0.2) is 0 Å². The van der Waals surface area contributed by atoms with Gasteiger partial charge in [-0.05, 0) is 19.3 Å². The van der Waals surface area contributed by atoms with Crippen LogP contribution in [0.4, 0.5) is 26.3 Å². The van der Waals surface area contributed by atoms with Crippen molar-refractivity contribution in [1.29, 1.82) is 0 Å². The number of hydrogen-bond donors (Lipinski definition) is 0. The highest BCUT2D eigenvalue weighted by Crippen LogP contribution is 2.40. The first-order chi connectivity index (χ1) is 8.09. The van der Waals surface area contributed by atoms with Gasteiger partial charge in [-0.1, -0.05) is 6.42 Å². The molecule has 0 aromatic rings. The zero-order valence-electron chi connectivity index (χ0n) is 9.57. The molecule has 0 saturated heterocycles. The van der Waals surface area contributed by atoms with Crippen LogP contribution in [-0.4, -0.2) is 18.1 Å². The van der Waals surface area contributed by atoms with Gasteiger partial charge in [0.1, 0.15) is 5.78 Å². The second-order valence-corrected chi connectivity index (χ2v) is 4.68. The van der Waals surface area contributed by atoms with Crippen molar-refractivity contribution in [2.75, 3.05) is 0 Å². The molecule has 0 aromatic heterocycles. The molecule has 7 heteroatoms. The molecule has 1 aliphatic rings. The minimum Gasteiger partial charge on any atom is -0.299 e. The van der Waals surface area contributed by atoms with Gasteiger partial charge in [-0.3, -0.25) is 4.79 Å². The molecule has 0 amide bonds. The Morgan fingerprint density at radius 1 is 1.06 bits per heavy atom.